The van der Waals surface area contributed by atoms with Gasteiger partial charge in [-0.25, -0.2) is 0 Å². The highest BCUT2D eigenvalue weighted by molar-refractivity contribution is 4.97. The molecule has 3 nitrogen and oxygen atoms in total. The second kappa shape index (κ2) is 4.17. The van der Waals surface area contributed by atoms with Crippen molar-refractivity contribution < 1.29 is 5.11 Å². The van der Waals surface area contributed by atoms with E-state index in [9.17, 15) is 5.11 Å². The van der Waals surface area contributed by atoms with Crippen molar-refractivity contribution in [1.82, 2.24) is 4.90 Å². The zero-order valence-electron chi connectivity index (χ0n) is 9.71. The van der Waals surface area contributed by atoms with E-state index < -0.39 is 5.60 Å². The molecule has 0 unspecified atom stereocenters. The summed E-state index contributed by atoms with van der Waals surface area (Å²) in [6, 6.07) is 0. The minimum atomic E-state index is -0.562. The van der Waals surface area contributed by atoms with Gasteiger partial charge in [0.15, 0.2) is 0 Å². The number of rotatable bonds is 3. The maximum Gasteiger partial charge on any atom is 0.0734 e. The van der Waals surface area contributed by atoms with Crippen LogP contribution in [0.5, 0.6) is 0 Å². The fourth-order valence-corrected chi connectivity index (χ4v) is 2.11. The molecule has 1 heterocycles. The van der Waals surface area contributed by atoms with Crippen LogP contribution in [-0.2, 0) is 0 Å². The standard InChI is InChI=1S/C11H24N2O/c1-4-13-7-5-11(14,6-8-13)10(2,3)9-12/h14H,4-9,12H2,1-3H3. The molecule has 0 aromatic carbocycles. The Morgan fingerprint density at radius 1 is 1.36 bits per heavy atom. The van der Waals surface area contributed by atoms with E-state index in [1.165, 1.54) is 0 Å². The summed E-state index contributed by atoms with van der Waals surface area (Å²) in [4.78, 5) is 2.38. The van der Waals surface area contributed by atoms with Crippen LogP contribution in [0.4, 0.5) is 0 Å². The SMILES string of the molecule is CCN1CCC(O)(C(C)(C)CN)CC1. The van der Waals surface area contributed by atoms with Gasteiger partial charge in [-0.05, 0) is 19.4 Å². The van der Waals surface area contributed by atoms with Crippen molar-refractivity contribution in [2.75, 3.05) is 26.2 Å². The van der Waals surface area contributed by atoms with E-state index in [1.807, 2.05) is 0 Å². The van der Waals surface area contributed by atoms with E-state index in [-0.39, 0.29) is 5.41 Å². The molecule has 1 aliphatic rings. The van der Waals surface area contributed by atoms with Crippen LogP contribution in [0.1, 0.15) is 33.6 Å². The topological polar surface area (TPSA) is 49.5 Å². The summed E-state index contributed by atoms with van der Waals surface area (Å²) < 4.78 is 0. The number of hydrogen-bond donors (Lipinski definition) is 2. The van der Waals surface area contributed by atoms with Crippen LogP contribution in [0.25, 0.3) is 0 Å². The number of nitrogens with zero attached hydrogens (tertiary/aromatic N) is 1. The molecule has 0 amide bonds. The maximum absolute atomic E-state index is 10.5. The van der Waals surface area contributed by atoms with Crippen molar-refractivity contribution in [3.05, 3.63) is 0 Å². The summed E-state index contributed by atoms with van der Waals surface area (Å²) in [5, 5.41) is 10.5. The molecular weight excluding hydrogens is 176 g/mol. The van der Waals surface area contributed by atoms with Gasteiger partial charge in [-0.2, -0.15) is 0 Å². The summed E-state index contributed by atoms with van der Waals surface area (Å²) in [7, 11) is 0. The van der Waals surface area contributed by atoms with Gasteiger partial charge in [0.25, 0.3) is 0 Å². The highest BCUT2D eigenvalue weighted by Crippen LogP contribution is 2.38. The van der Waals surface area contributed by atoms with E-state index in [2.05, 4.69) is 25.7 Å². The first kappa shape index (κ1) is 12.0. The predicted octanol–water partition coefficient (Wildman–Crippen LogP) is 0.818. The number of hydrogen-bond acceptors (Lipinski definition) is 3. The molecule has 1 saturated heterocycles. The Labute approximate surface area is 87.3 Å². The quantitative estimate of drug-likeness (QED) is 0.709. The molecule has 0 aromatic heterocycles. The zero-order chi connectivity index (χ0) is 10.8. The largest absolute Gasteiger partial charge is 0.389 e. The van der Waals surface area contributed by atoms with Crippen molar-refractivity contribution in [3.63, 3.8) is 0 Å². The number of likely N-dealkylation sites (tertiary alicyclic amines) is 1. The van der Waals surface area contributed by atoms with Crippen LogP contribution in [0, 0.1) is 5.41 Å². The summed E-state index contributed by atoms with van der Waals surface area (Å²) in [6.45, 7) is 9.92. The lowest BCUT2D eigenvalue weighted by Crippen LogP contribution is -2.55. The molecule has 3 heteroatoms. The van der Waals surface area contributed by atoms with Crippen molar-refractivity contribution >= 4 is 0 Å². The van der Waals surface area contributed by atoms with Crippen molar-refractivity contribution in [1.29, 1.82) is 0 Å². The fraction of sp³-hybridized carbons (Fsp3) is 1.00. The fourth-order valence-electron chi connectivity index (χ4n) is 2.11. The first-order valence-electron chi connectivity index (χ1n) is 5.60. The van der Waals surface area contributed by atoms with E-state index in [0.29, 0.717) is 6.54 Å². The van der Waals surface area contributed by atoms with Gasteiger partial charge in [0.2, 0.25) is 0 Å². The van der Waals surface area contributed by atoms with Gasteiger partial charge in [-0.3, -0.25) is 0 Å². The van der Waals surface area contributed by atoms with Crippen LogP contribution in [0.3, 0.4) is 0 Å². The van der Waals surface area contributed by atoms with Gasteiger partial charge in [0.05, 0.1) is 5.60 Å². The Morgan fingerprint density at radius 3 is 2.21 bits per heavy atom. The van der Waals surface area contributed by atoms with E-state index in [1.54, 1.807) is 0 Å². The smallest absolute Gasteiger partial charge is 0.0734 e. The second-order valence-corrected chi connectivity index (χ2v) is 5.05. The molecule has 3 N–H and O–H groups in total. The zero-order valence-corrected chi connectivity index (χ0v) is 9.71. The molecule has 0 saturated carbocycles. The molecule has 0 radical (unpaired) electrons. The number of aliphatic hydroxyl groups is 1. The Kier molecular flexibility index (Phi) is 3.56. The van der Waals surface area contributed by atoms with Crippen LogP contribution >= 0.6 is 0 Å². The van der Waals surface area contributed by atoms with E-state index >= 15 is 0 Å². The molecule has 0 aromatic rings. The Bertz CT molecular complexity index is 184. The molecule has 0 bridgehead atoms. The van der Waals surface area contributed by atoms with Gasteiger partial charge in [0, 0.05) is 25.0 Å². The first-order valence-corrected chi connectivity index (χ1v) is 5.60. The average Bonchev–Trinajstić information content (AvgIpc) is 2.19. The Hall–Kier alpha value is -0.120. The third kappa shape index (κ3) is 2.10. The average molecular weight is 200 g/mol. The minimum absolute atomic E-state index is 0.160. The van der Waals surface area contributed by atoms with Gasteiger partial charge in [0.1, 0.15) is 0 Å². The number of nitrogens with two attached hydrogens (primary N) is 1. The van der Waals surface area contributed by atoms with Crippen LogP contribution in [0.15, 0.2) is 0 Å². The van der Waals surface area contributed by atoms with Gasteiger partial charge >= 0.3 is 0 Å². The molecule has 84 valence electrons. The summed E-state index contributed by atoms with van der Waals surface area (Å²) in [5.41, 5.74) is 4.99. The van der Waals surface area contributed by atoms with Crippen LogP contribution in [0.2, 0.25) is 0 Å². The molecule has 14 heavy (non-hydrogen) atoms. The Morgan fingerprint density at radius 2 is 1.86 bits per heavy atom. The normalized spacial score (nSPS) is 23.8. The van der Waals surface area contributed by atoms with Crippen molar-refractivity contribution in [2.24, 2.45) is 11.1 Å². The highest BCUT2D eigenvalue weighted by atomic mass is 16.3. The van der Waals surface area contributed by atoms with Gasteiger partial charge in [-0.1, -0.05) is 20.8 Å². The first-order chi connectivity index (χ1) is 6.45. The summed E-state index contributed by atoms with van der Waals surface area (Å²) >= 11 is 0. The van der Waals surface area contributed by atoms with Crippen LogP contribution < -0.4 is 5.73 Å². The molecule has 0 atom stereocenters. The van der Waals surface area contributed by atoms with Crippen molar-refractivity contribution in [3.8, 4) is 0 Å². The molecule has 1 fully saturated rings. The minimum Gasteiger partial charge on any atom is -0.389 e. The van der Waals surface area contributed by atoms with Gasteiger partial charge in [-0.15, -0.1) is 0 Å². The molecule has 1 rings (SSSR count). The lowest BCUT2D eigenvalue weighted by Gasteiger charge is -2.47. The lowest BCUT2D eigenvalue weighted by molar-refractivity contribution is -0.102. The Balaban J connectivity index is 2.61. The molecule has 0 aliphatic carbocycles. The number of piperidine rings is 1. The van der Waals surface area contributed by atoms with Crippen molar-refractivity contribution in [2.45, 2.75) is 39.2 Å². The third-order valence-electron chi connectivity index (χ3n) is 3.90. The van der Waals surface area contributed by atoms with Gasteiger partial charge < -0.3 is 15.7 Å². The molecule has 1 aliphatic heterocycles. The van der Waals surface area contributed by atoms with E-state index in [0.717, 1.165) is 32.5 Å². The molecule has 0 spiro atoms. The summed E-state index contributed by atoms with van der Waals surface area (Å²) in [6.07, 6.45) is 1.70. The monoisotopic (exact) mass is 200 g/mol. The lowest BCUT2D eigenvalue weighted by atomic mass is 9.69. The van der Waals surface area contributed by atoms with E-state index in [4.69, 9.17) is 5.73 Å². The third-order valence-corrected chi connectivity index (χ3v) is 3.90. The summed E-state index contributed by atoms with van der Waals surface area (Å²) in [5.74, 6) is 0. The second-order valence-electron chi connectivity index (χ2n) is 5.05. The van der Waals surface area contributed by atoms with Crippen LogP contribution in [-0.4, -0.2) is 41.8 Å². The highest BCUT2D eigenvalue weighted by Gasteiger charge is 2.44. The predicted molar refractivity (Wildman–Crippen MR) is 59.1 cm³/mol. The maximum atomic E-state index is 10.5. The molecular formula is C11H24N2O.